The predicted molar refractivity (Wildman–Crippen MR) is 80.7 cm³/mol. The van der Waals surface area contributed by atoms with Gasteiger partial charge in [0.2, 0.25) is 12.1 Å². The minimum atomic E-state index is -0.585. The third-order valence-corrected chi connectivity index (χ3v) is 4.43. The van der Waals surface area contributed by atoms with Crippen LogP contribution in [-0.4, -0.2) is 25.0 Å². The Labute approximate surface area is 127 Å². The topological polar surface area (TPSA) is 52.6 Å². The first-order chi connectivity index (χ1) is 10.6. The van der Waals surface area contributed by atoms with E-state index in [0.717, 1.165) is 10.8 Å². The molecule has 1 aliphatic carbocycles. The molecule has 0 saturated heterocycles. The first kappa shape index (κ1) is 13.2. The molecule has 0 bridgehead atoms. The number of carbonyl (C=O) groups is 2. The van der Waals surface area contributed by atoms with Crippen molar-refractivity contribution < 1.29 is 19.1 Å². The van der Waals surface area contributed by atoms with Gasteiger partial charge in [-0.1, -0.05) is 37.3 Å². The lowest BCUT2D eigenvalue weighted by Crippen LogP contribution is -2.23. The SMILES string of the molecule is CO[C@@H]1OC2=C(C(=O)c3c(ccc4ccccc34)C2=O)[C@H]1C. The largest absolute Gasteiger partial charge is 0.460 e. The van der Waals surface area contributed by atoms with Crippen molar-refractivity contribution in [2.45, 2.75) is 13.2 Å². The minimum absolute atomic E-state index is 0.131. The number of ether oxygens (including phenoxy) is 2. The zero-order valence-corrected chi connectivity index (χ0v) is 12.3. The molecule has 0 N–H and O–H groups in total. The molecule has 110 valence electrons. The lowest BCUT2D eigenvalue weighted by atomic mass is 9.82. The van der Waals surface area contributed by atoms with Crippen LogP contribution >= 0.6 is 0 Å². The molecule has 22 heavy (non-hydrogen) atoms. The molecule has 2 aromatic rings. The number of carbonyl (C=O) groups excluding carboxylic acids is 2. The third-order valence-electron chi connectivity index (χ3n) is 4.43. The van der Waals surface area contributed by atoms with E-state index in [1.54, 1.807) is 6.07 Å². The molecule has 0 amide bonds. The summed E-state index contributed by atoms with van der Waals surface area (Å²) in [7, 11) is 1.51. The van der Waals surface area contributed by atoms with Crippen LogP contribution in [0.15, 0.2) is 47.7 Å². The van der Waals surface area contributed by atoms with Gasteiger partial charge in [-0.25, -0.2) is 0 Å². The van der Waals surface area contributed by atoms with E-state index in [1.165, 1.54) is 7.11 Å². The number of benzene rings is 2. The number of Topliss-reactive ketones (excluding diaryl/α,β-unsaturated/α-hetero) is 2. The Kier molecular flexibility index (Phi) is 2.71. The maximum atomic E-state index is 13.0. The first-order valence-corrected chi connectivity index (χ1v) is 7.18. The lowest BCUT2D eigenvalue weighted by Gasteiger charge is -2.18. The van der Waals surface area contributed by atoms with Crippen LogP contribution in [0, 0.1) is 5.92 Å². The van der Waals surface area contributed by atoms with Gasteiger partial charge in [-0.3, -0.25) is 9.59 Å². The highest BCUT2D eigenvalue weighted by Crippen LogP contribution is 2.41. The van der Waals surface area contributed by atoms with Gasteiger partial charge >= 0.3 is 0 Å². The molecule has 2 aromatic carbocycles. The predicted octanol–water partition coefficient (Wildman–Crippen LogP) is 3.11. The number of hydrogen-bond donors (Lipinski definition) is 0. The Morgan fingerprint density at radius 3 is 2.59 bits per heavy atom. The van der Waals surface area contributed by atoms with Crippen molar-refractivity contribution in [1.82, 2.24) is 0 Å². The van der Waals surface area contributed by atoms with Gasteiger partial charge < -0.3 is 9.47 Å². The van der Waals surface area contributed by atoms with E-state index in [-0.39, 0.29) is 23.2 Å². The second-order valence-electron chi connectivity index (χ2n) is 5.62. The number of rotatable bonds is 1. The summed E-state index contributed by atoms with van der Waals surface area (Å²) in [5.41, 5.74) is 1.32. The van der Waals surface area contributed by atoms with E-state index >= 15 is 0 Å². The van der Waals surface area contributed by atoms with E-state index < -0.39 is 6.29 Å². The van der Waals surface area contributed by atoms with E-state index in [4.69, 9.17) is 9.47 Å². The molecule has 0 aromatic heterocycles. The van der Waals surface area contributed by atoms with Crippen LogP contribution in [0.1, 0.15) is 27.6 Å². The van der Waals surface area contributed by atoms with Crippen LogP contribution in [0.5, 0.6) is 0 Å². The summed E-state index contributed by atoms with van der Waals surface area (Å²) in [6.07, 6.45) is -0.585. The highest BCUT2D eigenvalue weighted by Gasteiger charge is 2.45. The van der Waals surface area contributed by atoms with Crippen molar-refractivity contribution in [3.05, 3.63) is 58.9 Å². The van der Waals surface area contributed by atoms with Crippen LogP contribution in [0.25, 0.3) is 10.8 Å². The fourth-order valence-electron chi connectivity index (χ4n) is 3.32. The van der Waals surface area contributed by atoms with Crippen LogP contribution in [0.2, 0.25) is 0 Å². The van der Waals surface area contributed by atoms with E-state index in [0.29, 0.717) is 16.7 Å². The van der Waals surface area contributed by atoms with Crippen molar-refractivity contribution in [3.63, 3.8) is 0 Å². The number of allylic oxidation sites excluding steroid dienone is 1. The minimum Gasteiger partial charge on any atom is -0.460 e. The molecular formula is C18H14O4. The van der Waals surface area contributed by atoms with Crippen LogP contribution in [-0.2, 0) is 9.47 Å². The van der Waals surface area contributed by atoms with Crippen molar-refractivity contribution in [2.24, 2.45) is 5.92 Å². The summed E-state index contributed by atoms with van der Waals surface area (Å²) >= 11 is 0. The summed E-state index contributed by atoms with van der Waals surface area (Å²) in [6.45, 7) is 1.85. The maximum absolute atomic E-state index is 13.0. The molecule has 4 rings (SSSR count). The van der Waals surface area contributed by atoms with Gasteiger partial charge in [-0.15, -0.1) is 0 Å². The van der Waals surface area contributed by atoms with Crippen molar-refractivity contribution in [3.8, 4) is 0 Å². The number of hydrogen-bond acceptors (Lipinski definition) is 4. The summed E-state index contributed by atoms with van der Waals surface area (Å²) < 4.78 is 10.8. The average Bonchev–Trinajstić information content (AvgIpc) is 2.89. The third kappa shape index (κ3) is 1.56. The number of ketones is 2. The van der Waals surface area contributed by atoms with Gasteiger partial charge in [0.15, 0.2) is 11.5 Å². The molecule has 4 heteroatoms. The van der Waals surface area contributed by atoms with Crippen molar-refractivity contribution >= 4 is 22.3 Å². The van der Waals surface area contributed by atoms with Gasteiger partial charge in [0.1, 0.15) is 0 Å². The Morgan fingerprint density at radius 2 is 1.82 bits per heavy atom. The van der Waals surface area contributed by atoms with Gasteiger partial charge in [0.05, 0.1) is 11.5 Å². The zero-order chi connectivity index (χ0) is 15.4. The number of fused-ring (bicyclic) bond motifs is 3. The molecule has 1 heterocycles. The molecule has 1 aliphatic heterocycles. The Balaban J connectivity index is 1.98. The van der Waals surface area contributed by atoms with E-state index in [2.05, 4.69) is 0 Å². The summed E-state index contributed by atoms with van der Waals surface area (Å²) in [4.78, 5) is 25.7. The quantitative estimate of drug-likeness (QED) is 0.811. The fraction of sp³-hybridized carbons (Fsp3) is 0.222. The Morgan fingerprint density at radius 1 is 1.05 bits per heavy atom. The lowest BCUT2D eigenvalue weighted by molar-refractivity contribution is -0.0955. The highest BCUT2D eigenvalue weighted by molar-refractivity contribution is 6.30. The summed E-state index contributed by atoms with van der Waals surface area (Å²) in [5, 5.41) is 1.75. The summed E-state index contributed by atoms with van der Waals surface area (Å²) in [6, 6.07) is 11.2. The molecule has 4 nitrogen and oxygen atoms in total. The second kappa shape index (κ2) is 4.52. The zero-order valence-electron chi connectivity index (χ0n) is 12.3. The van der Waals surface area contributed by atoms with E-state index in [9.17, 15) is 9.59 Å². The molecule has 0 saturated carbocycles. The molecule has 0 spiro atoms. The van der Waals surface area contributed by atoms with Crippen molar-refractivity contribution in [2.75, 3.05) is 7.11 Å². The van der Waals surface area contributed by atoms with Gasteiger partial charge in [0, 0.05) is 18.2 Å². The van der Waals surface area contributed by atoms with E-state index in [1.807, 2.05) is 37.3 Å². The molecule has 0 fully saturated rings. The first-order valence-electron chi connectivity index (χ1n) is 7.18. The Hall–Kier alpha value is -2.46. The molecular weight excluding hydrogens is 280 g/mol. The van der Waals surface area contributed by atoms with Crippen LogP contribution in [0.3, 0.4) is 0 Å². The molecule has 2 atom stereocenters. The highest BCUT2D eigenvalue weighted by atomic mass is 16.7. The molecule has 2 aliphatic rings. The molecule has 0 unspecified atom stereocenters. The monoisotopic (exact) mass is 294 g/mol. The second-order valence-corrected chi connectivity index (χ2v) is 5.62. The van der Waals surface area contributed by atoms with Gasteiger partial charge in [-0.2, -0.15) is 0 Å². The molecule has 0 radical (unpaired) electrons. The smallest absolute Gasteiger partial charge is 0.228 e. The van der Waals surface area contributed by atoms with Gasteiger partial charge in [0.25, 0.3) is 0 Å². The van der Waals surface area contributed by atoms with Crippen molar-refractivity contribution in [1.29, 1.82) is 0 Å². The maximum Gasteiger partial charge on any atom is 0.228 e. The van der Waals surface area contributed by atoms with Crippen LogP contribution in [0.4, 0.5) is 0 Å². The normalized spacial score (nSPS) is 23.5. The number of methoxy groups -OCH3 is 1. The van der Waals surface area contributed by atoms with Crippen LogP contribution < -0.4 is 0 Å². The van der Waals surface area contributed by atoms with Gasteiger partial charge in [-0.05, 0) is 16.8 Å². The fourth-order valence-corrected chi connectivity index (χ4v) is 3.32. The average molecular weight is 294 g/mol. The standard InChI is InChI=1S/C18H14O4/c1-9-13-16(20)14-11-6-4-3-5-10(11)7-8-12(14)15(19)17(13)22-18(9)21-2/h3-9,18H,1-2H3/t9-,18-/m1/s1. The summed E-state index contributed by atoms with van der Waals surface area (Å²) in [5.74, 6) is -0.481. The Bertz CT molecular complexity index is 863.